The summed E-state index contributed by atoms with van der Waals surface area (Å²) in [7, 11) is 0. The quantitative estimate of drug-likeness (QED) is 0.657. The third kappa shape index (κ3) is 2.31. The van der Waals surface area contributed by atoms with Gasteiger partial charge < -0.3 is 0 Å². The summed E-state index contributed by atoms with van der Waals surface area (Å²) in [4.78, 5) is 17.0. The second-order valence-corrected chi connectivity index (χ2v) is 5.14. The molecular formula is C18H14FNO. The molecule has 0 aliphatic rings. The summed E-state index contributed by atoms with van der Waals surface area (Å²) in [5.41, 5.74) is 2.80. The number of nitrogens with zero attached hydrogens (tertiary/aromatic N) is 1. The van der Waals surface area contributed by atoms with Crippen LogP contribution in [0.1, 0.15) is 27.0 Å². The van der Waals surface area contributed by atoms with E-state index >= 15 is 0 Å². The highest BCUT2D eigenvalue weighted by Gasteiger charge is 2.19. The summed E-state index contributed by atoms with van der Waals surface area (Å²) < 4.78 is 14.2. The molecule has 3 aromatic rings. The maximum Gasteiger partial charge on any atom is 0.196 e. The first-order valence-corrected chi connectivity index (χ1v) is 6.73. The minimum Gasteiger partial charge on any atom is -0.288 e. The minimum absolute atomic E-state index is 0.136. The normalized spacial score (nSPS) is 10.8. The zero-order valence-electron chi connectivity index (χ0n) is 11.9. The van der Waals surface area contributed by atoms with Gasteiger partial charge in [0.2, 0.25) is 0 Å². The number of carbonyl (C=O) groups excluding carboxylic acids is 1. The number of fused-ring (bicyclic) bond motifs is 1. The van der Waals surface area contributed by atoms with Crippen molar-refractivity contribution in [1.82, 2.24) is 4.98 Å². The van der Waals surface area contributed by atoms with Gasteiger partial charge in [0.05, 0.1) is 11.1 Å². The molecule has 1 heterocycles. The second kappa shape index (κ2) is 5.09. The Morgan fingerprint density at radius 3 is 2.67 bits per heavy atom. The Morgan fingerprint density at radius 1 is 1.10 bits per heavy atom. The molecule has 0 unspecified atom stereocenters. The molecule has 21 heavy (non-hydrogen) atoms. The smallest absolute Gasteiger partial charge is 0.196 e. The molecule has 0 atom stereocenters. The van der Waals surface area contributed by atoms with Crippen LogP contribution in [-0.4, -0.2) is 10.8 Å². The molecule has 0 aliphatic carbocycles. The van der Waals surface area contributed by atoms with Gasteiger partial charge >= 0.3 is 0 Å². The van der Waals surface area contributed by atoms with Crippen molar-refractivity contribution in [3.05, 3.63) is 76.7 Å². The summed E-state index contributed by atoms with van der Waals surface area (Å²) >= 11 is 0. The predicted octanol–water partition coefficient (Wildman–Crippen LogP) is 4.22. The van der Waals surface area contributed by atoms with E-state index in [-0.39, 0.29) is 11.3 Å². The number of halogens is 1. The lowest BCUT2D eigenvalue weighted by Gasteiger charge is -2.10. The van der Waals surface area contributed by atoms with Gasteiger partial charge in [-0.05, 0) is 43.2 Å². The van der Waals surface area contributed by atoms with Crippen molar-refractivity contribution >= 4 is 16.7 Å². The van der Waals surface area contributed by atoms with Crippen molar-refractivity contribution in [3.8, 4) is 0 Å². The Morgan fingerprint density at radius 2 is 1.90 bits per heavy atom. The number of ketones is 1. The topological polar surface area (TPSA) is 30.0 Å². The fourth-order valence-electron chi connectivity index (χ4n) is 2.64. The third-order valence-electron chi connectivity index (χ3n) is 3.55. The van der Waals surface area contributed by atoms with Crippen molar-refractivity contribution in [1.29, 1.82) is 0 Å². The molecule has 0 fully saturated rings. The summed E-state index contributed by atoms with van der Waals surface area (Å²) in [5.74, 6) is -0.776. The van der Waals surface area contributed by atoms with Crippen LogP contribution in [0.15, 0.2) is 48.7 Å². The molecule has 0 radical (unpaired) electrons. The largest absolute Gasteiger partial charge is 0.288 e. The van der Waals surface area contributed by atoms with Crippen LogP contribution in [0, 0.1) is 19.7 Å². The van der Waals surface area contributed by atoms with Gasteiger partial charge in [-0.1, -0.05) is 24.3 Å². The zero-order chi connectivity index (χ0) is 15.0. The van der Waals surface area contributed by atoms with Crippen LogP contribution in [0.2, 0.25) is 0 Å². The minimum atomic E-state index is -0.474. The van der Waals surface area contributed by atoms with E-state index in [2.05, 4.69) is 4.98 Å². The van der Waals surface area contributed by atoms with Crippen molar-refractivity contribution in [2.75, 3.05) is 0 Å². The molecular weight excluding hydrogens is 265 g/mol. The fraction of sp³-hybridized carbons (Fsp3) is 0.111. The van der Waals surface area contributed by atoms with Gasteiger partial charge in [0.1, 0.15) is 5.82 Å². The number of pyridine rings is 1. The van der Waals surface area contributed by atoms with Gasteiger partial charge in [-0.2, -0.15) is 0 Å². The number of benzene rings is 2. The first-order valence-electron chi connectivity index (χ1n) is 6.73. The highest BCUT2D eigenvalue weighted by Crippen LogP contribution is 2.24. The molecule has 104 valence electrons. The van der Waals surface area contributed by atoms with Gasteiger partial charge in [0.25, 0.3) is 0 Å². The van der Waals surface area contributed by atoms with Gasteiger partial charge in [0.15, 0.2) is 5.78 Å². The Labute approximate surface area is 122 Å². The molecule has 0 N–H and O–H groups in total. The van der Waals surface area contributed by atoms with Crippen molar-refractivity contribution in [3.63, 3.8) is 0 Å². The van der Waals surface area contributed by atoms with Crippen molar-refractivity contribution < 1.29 is 9.18 Å². The van der Waals surface area contributed by atoms with Crippen LogP contribution < -0.4 is 0 Å². The average Bonchev–Trinajstić information content (AvgIpc) is 2.45. The average molecular weight is 279 g/mol. The van der Waals surface area contributed by atoms with Crippen LogP contribution in [0.25, 0.3) is 10.9 Å². The number of hydrogen-bond acceptors (Lipinski definition) is 2. The predicted molar refractivity (Wildman–Crippen MR) is 81.0 cm³/mol. The van der Waals surface area contributed by atoms with E-state index in [9.17, 15) is 9.18 Å². The van der Waals surface area contributed by atoms with E-state index in [0.29, 0.717) is 11.1 Å². The first-order chi connectivity index (χ1) is 10.1. The highest BCUT2D eigenvalue weighted by molar-refractivity contribution is 6.16. The second-order valence-electron chi connectivity index (χ2n) is 5.14. The lowest BCUT2D eigenvalue weighted by molar-refractivity contribution is 0.103. The van der Waals surface area contributed by atoms with E-state index < -0.39 is 5.82 Å². The van der Waals surface area contributed by atoms with Crippen LogP contribution in [0.3, 0.4) is 0 Å². The highest BCUT2D eigenvalue weighted by atomic mass is 19.1. The molecule has 2 nitrogen and oxygen atoms in total. The Kier molecular flexibility index (Phi) is 3.26. The monoisotopic (exact) mass is 279 g/mol. The number of hydrogen-bond donors (Lipinski definition) is 0. The van der Waals surface area contributed by atoms with Gasteiger partial charge in [-0.25, -0.2) is 4.39 Å². The number of carbonyl (C=O) groups is 1. The van der Waals surface area contributed by atoms with Crippen LogP contribution >= 0.6 is 0 Å². The summed E-state index contributed by atoms with van der Waals surface area (Å²) in [6, 6.07) is 12.1. The Balaban J connectivity index is 2.22. The van der Waals surface area contributed by atoms with E-state index in [0.717, 1.165) is 16.5 Å². The van der Waals surface area contributed by atoms with Crippen LogP contribution in [-0.2, 0) is 0 Å². The van der Waals surface area contributed by atoms with E-state index in [4.69, 9.17) is 0 Å². The maximum absolute atomic E-state index is 14.2. The Bertz CT molecular complexity index is 826. The maximum atomic E-state index is 14.2. The summed E-state index contributed by atoms with van der Waals surface area (Å²) in [6.07, 6.45) is 1.67. The molecule has 0 aliphatic heterocycles. The van der Waals surface area contributed by atoms with Gasteiger partial charge in [-0.3, -0.25) is 9.78 Å². The molecule has 1 aromatic heterocycles. The first kappa shape index (κ1) is 13.4. The number of aromatic nitrogens is 1. The van der Waals surface area contributed by atoms with Crippen molar-refractivity contribution in [2.24, 2.45) is 0 Å². The van der Waals surface area contributed by atoms with E-state index in [1.165, 1.54) is 6.07 Å². The molecule has 0 saturated heterocycles. The zero-order valence-corrected chi connectivity index (χ0v) is 11.9. The molecule has 0 saturated carbocycles. The summed E-state index contributed by atoms with van der Waals surface area (Å²) in [6.45, 7) is 3.57. The molecule has 3 rings (SSSR count). The number of rotatable bonds is 2. The van der Waals surface area contributed by atoms with E-state index in [1.807, 2.05) is 25.1 Å². The third-order valence-corrected chi connectivity index (χ3v) is 3.55. The summed E-state index contributed by atoms with van der Waals surface area (Å²) in [5, 5.41) is 0.740. The lowest BCUT2D eigenvalue weighted by atomic mass is 9.94. The van der Waals surface area contributed by atoms with Gasteiger partial charge in [-0.15, -0.1) is 0 Å². The van der Waals surface area contributed by atoms with E-state index in [1.54, 1.807) is 31.3 Å². The molecule has 0 spiro atoms. The SMILES string of the molecule is Cc1cc(C)c(C(=O)c2cccc3ncccc23)c(F)c1. The van der Waals surface area contributed by atoms with Gasteiger partial charge in [0, 0.05) is 17.1 Å². The van der Waals surface area contributed by atoms with Crippen LogP contribution in [0.5, 0.6) is 0 Å². The standard InChI is InChI=1S/C18H14FNO/c1-11-9-12(2)17(15(19)10-11)18(21)14-5-3-7-16-13(14)6-4-8-20-16/h3-10H,1-2H3. The molecule has 0 amide bonds. The lowest BCUT2D eigenvalue weighted by Crippen LogP contribution is -2.08. The molecule has 3 heteroatoms. The molecule has 2 aromatic carbocycles. The Hall–Kier alpha value is -2.55. The van der Waals surface area contributed by atoms with Crippen LogP contribution in [0.4, 0.5) is 4.39 Å². The number of aryl methyl sites for hydroxylation is 2. The van der Waals surface area contributed by atoms with Crippen molar-refractivity contribution in [2.45, 2.75) is 13.8 Å². The molecule has 0 bridgehead atoms. The fourth-order valence-corrected chi connectivity index (χ4v) is 2.64.